The lowest BCUT2D eigenvalue weighted by Crippen LogP contribution is -2.22. The van der Waals surface area contributed by atoms with Gasteiger partial charge in [0.25, 0.3) is 5.91 Å². The van der Waals surface area contributed by atoms with E-state index in [1.54, 1.807) is 6.92 Å². The number of para-hydroxylation sites is 1. The van der Waals surface area contributed by atoms with Crippen LogP contribution in [0.5, 0.6) is 0 Å². The van der Waals surface area contributed by atoms with Crippen LogP contribution in [0, 0.1) is 20.8 Å². The minimum absolute atomic E-state index is 0.269. The van der Waals surface area contributed by atoms with Gasteiger partial charge in [0.2, 0.25) is 5.91 Å². The number of ether oxygens (including phenoxy) is 1. The maximum absolute atomic E-state index is 12.5. The molecule has 0 radical (unpaired) electrons. The van der Waals surface area contributed by atoms with E-state index in [-0.39, 0.29) is 5.91 Å². The highest BCUT2D eigenvalue weighted by atomic mass is 32.1. The summed E-state index contributed by atoms with van der Waals surface area (Å²) in [4.78, 5) is 37.0. The first kappa shape index (κ1) is 20.6. The van der Waals surface area contributed by atoms with Crippen molar-refractivity contribution in [2.24, 2.45) is 0 Å². The first-order chi connectivity index (χ1) is 12.7. The van der Waals surface area contributed by atoms with E-state index in [0.717, 1.165) is 33.7 Å². The van der Waals surface area contributed by atoms with Gasteiger partial charge in [0.15, 0.2) is 6.61 Å². The maximum atomic E-state index is 12.5. The van der Waals surface area contributed by atoms with Crippen molar-refractivity contribution in [3.8, 4) is 0 Å². The van der Waals surface area contributed by atoms with Crippen molar-refractivity contribution < 1.29 is 19.1 Å². The SMILES string of the molecule is CCc1cccc(C)c1NC(=O)COC(=O)c1c(NC(C)=O)sc(C)c1C. The van der Waals surface area contributed by atoms with Gasteiger partial charge < -0.3 is 15.4 Å². The third kappa shape index (κ3) is 4.95. The number of carbonyl (C=O) groups is 3. The lowest BCUT2D eigenvalue weighted by molar-refractivity contribution is -0.119. The molecule has 27 heavy (non-hydrogen) atoms. The fourth-order valence-corrected chi connectivity index (χ4v) is 3.80. The number of benzene rings is 1. The lowest BCUT2D eigenvalue weighted by atomic mass is 10.1. The van der Waals surface area contributed by atoms with Crippen LogP contribution >= 0.6 is 11.3 Å². The molecule has 0 unspecified atom stereocenters. The van der Waals surface area contributed by atoms with Crippen molar-refractivity contribution in [3.05, 3.63) is 45.3 Å². The zero-order chi connectivity index (χ0) is 20.1. The van der Waals surface area contributed by atoms with E-state index in [4.69, 9.17) is 4.74 Å². The smallest absolute Gasteiger partial charge is 0.341 e. The van der Waals surface area contributed by atoms with Gasteiger partial charge in [-0.25, -0.2) is 4.79 Å². The van der Waals surface area contributed by atoms with Crippen LogP contribution in [0.4, 0.5) is 10.7 Å². The highest BCUT2D eigenvalue weighted by Gasteiger charge is 2.22. The fourth-order valence-electron chi connectivity index (χ4n) is 2.70. The van der Waals surface area contributed by atoms with Gasteiger partial charge in [0.1, 0.15) is 5.00 Å². The monoisotopic (exact) mass is 388 g/mol. The van der Waals surface area contributed by atoms with Crippen molar-refractivity contribution in [1.29, 1.82) is 0 Å². The second-order valence-electron chi connectivity index (χ2n) is 6.26. The number of hydrogen-bond acceptors (Lipinski definition) is 5. The van der Waals surface area contributed by atoms with Crippen molar-refractivity contribution in [1.82, 2.24) is 0 Å². The van der Waals surface area contributed by atoms with Crippen LogP contribution in [-0.2, 0) is 20.7 Å². The average molecular weight is 388 g/mol. The van der Waals surface area contributed by atoms with E-state index in [9.17, 15) is 14.4 Å². The molecule has 2 amide bonds. The van der Waals surface area contributed by atoms with Crippen LogP contribution in [-0.4, -0.2) is 24.4 Å². The number of esters is 1. The van der Waals surface area contributed by atoms with E-state index in [2.05, 4.69) is 10.6 Å². The Hall–Kier alpha value is -2.67. The Morgan fingerprint density at radius 1 is 1.11 bits per heavy atom. The quantitative estimate of drug-likeness (QED) is 0.733. The summed E-state index contributed by atoms with van der Waals surface area (Å²) in [6, 6.07) is 5.80. The number of anilines is 2. The molecular weight excluding hydrogens is 364 g/mol. The summed E-state index contributed by atoms with van der Waals surface area (Å²) in [6.07, 6.45) is 0.782. The topological polar surface area (TPSA) is 84.5 Å². The molecule has 0 fully saturated rings. The van der Waals surface area contributed by atoms with Crippen molar-refractivity contribution in [2.75, 3.05) is 17.2 Å². The molecular formula is C20H24N2O4S. The summed E-state index contributed by atoms with van der Waals surface area (Å²) >= 11 is 1.31. The van der Waals surface area contributed by atoms with Gasteiger partial charge >= 0.3 is 5.97 Å². The van der Waals surface area contributed by atoms with Gasteiger partial charge in [-0.1, -0.05) is 25.1 Å². The van der Waals surface area contributed by atoms with Crippen LogP contribution in [0.3, 0.4) is 0 Å². The van der Waals surface area contributed by atoms with Gasteiger partial charge in [-0.3, -0.25) is 9.59 Å². The number of amides is 2. The van der Waals surface area contributed by atoms with Crippen LogP contribution in [0.25, 0.3) is 0 Å². The molecule has 0 aliphatic heterocycles. The Kier molecular flexibility index (Phi) is 6.74. The minimum atomic E-state index is -0.628. The first-order valence-corrected chi connectivity index (χ1v) is 9.49. The number of nitrogens with one attached hydrogen (secondary N) is 2. The Morgan fingerprint density at radius 3 is 2.44 bits per heavy atom. The normalized spacial score (nSPS) is 10.4. The van der Waals surface area contributed by atoms with Crippen molar-refractivity contribution in [3.63, 3.8) is 0 Å². The van der Waals surface area contributed by atoms with E-state index in [1.165, 1.54) is 18.3 Å². The van der Waals surface area contributed by atoms with Gasteiger partial charge in [-0.15, -0.1) is 11.3 Å². The third-order valence-electron chi connectivity index (χ3n) is 4.22. The average Bonchev–Trinajstić information content (AvgIpc) is 2.87. The molecule has 0 bridgehead atoms. The minimum Gasteiger partial charge on any atom is -0.452 e. The second kappa shape index (κ2) is 8.81. The maximum Gasteiger partial charge on any atom is 0.341 e. The molecule has 0 aliphatic carbocycles. The summed E-state index contributed by atoms with van der Waals surface area (Å²) in [5.74, 6) is -1.30. The van der Waals surface area contributed by atoms with Crippen LogP contribution in [0.15, 0.2) is 18.2 Å². The molecule has 2 aromatic rings. The molecule has 2 rings (SSSR count). The largest absolute Gasteiger partial charge is 0.452 e. The lowest BCUT2D eigenvalue weighted by Gasteiger charge is -2.13. The molecule has 6 nitrogen and oxygen atoms in total. The van der Waals surface area contributed by atoms with Gasteiger partial charge in [0, 0.05) is 17.5 Å². The molecule has 1 aromatic heterocycles. The number of hydrogen-bond donors (Lipinski definition) is 2. The van der Waals surface area contributed by atoms with Crippen LogP contribution in [0.2, 0.25) is 0 Å². The van der Waals surface area contributed by atoms with E-state index >= 15 is 0 Å². The van der Waals surface area contributed by atoms with E-state index < -0.39 is 18.5 Å². The van der Waals surface area contributed by atoms with E-state index in [1.807, 2.05) is 39.0 Å². The Morgan fingerprint density at radius 2 is 1.81 bits per heavy atom. The standard InChI is InChI=1S/C20H24N2O4S/c1-6-15-9-7-8-11(2)18(15)22-16(24)10-26-20(25)17-12(3)13(4)27-19(17)21-14(5)23/h7-9H,6,10H2,1-5H3,(H,21,23)(H,22,24). The number of aryl methyl sites for hydroxylation is 3. The predicted octanol–water partition coefficient (Wildman–Crippen LogP) is 3.99. The van der Waals surface area contributed by atoms with Gasteiger partial charge in [-0.05, 0) is 43.9 Å². The molecule has 2 N–H and O–H groups in total. The Bertz CT molecular complexity index is 886. The molecule has 1 heterocycles. The summed E-state index contributed by atoms with van der Waals surface area (Å²) < 4.78 is 5.20. The molecule has 1 aromatic carbocycles. The second-order valence-corrected chi connectivity index (χ2v) is 7.48. The predicted molar refractivity (Wildman–Crippen MR) is 108 cm³/mol. The first-order valence-electron chi connectivity index (χ1n) is 8.67. The van der Waals surface area contributed by atoms with Crippen molar-refractivity contribution in [2.45, 2.75) is 41.0 Å². The Labute approximate surface area is 162 Å². The fraction of sp³-hybridized carbons (Fsp3) is 0.350. The number of rotatable bonds is 6. The summed E-state index contributed by atoms with van der Waals surface area (Å²) in [6.45, 7) is 8.55. The molecule has 0 saturated heterocycles. The van der Waals surface area contributed by atoms with E-state index in [0.29, 0.717) is 10.6 Å². The zero-order valence-electron chi connectivity index (χ0n) is 16.2. The third-order valence-corrected chi connectivity index (χ3v) is 5.34. The van der Waals surface area contributed by atoms with Crippen LogP contribution < -0.4 is 10.6 Å². The number of thiophene rings is 1. The number of carbonyl (C=O) groups excluding carboxylic acids is 3. The zero-order valence-corrected chi connectivity index (χ0v) is 17.0. The van der Waals surface area contributed by atoms with Crippen LogP contribution in [0.1, 0.15) is 45.8 Å². The molecule has 0 aliphatic rings. The molecule has 0 spiro atoms. The highest BCUT2D eigenvalue weighted by Crippen LogP contribution is 2.33. The molecule has 0 atom stereocenters. The molecule has 0 saturated carbocycles. The van der Waals surface area contributed by atoms with Gasteiger partial charge in [-0.2, -0.15) is 0 Å². The summed E-state index contributed by atoms with van der Waals surface area (Å²) in [5.41, 5.74) is 3.76. The highest BCUT2D eigenvalue weighted by molar-refractivity contribution is 7.16. The van der Waals surface area contributed by atoms with Gasteiger partial charge in [0.05, 0.1) is 5.56 Å². The molecule has 144 valence electrons. The summed E-state index contributed by atoms with van der Waals surface area (Å²) in [7, 11) is 0. The summed E-state index contributed by atoms with van der Waals surface area (Å²) in [5, 5.41) is 5.90. The molecule has 7 heteroatoms. The van der Waals surface area contributed by atoms with Crippen molar-refractivity contribution >= 4 is 39.8 Å². The Balaban J connectivity index is 2.08.